The van der Waals surface area contributed by atoms with E-state index in [1.807, 2.05) is 25.1 Å². The van der Waals surface area contributed by atoms with Gasteiger partial charge in [0.1, 0.15) is 0 Å². The van der Waals surface area contributed by atoms with Gasteiger partial charge in [-0.2, -0.15) is 0 Å². The average Bonchev–Trinajstić information content (AvgIpc) is 3.26. The molecular weight excluding hydrogens is 414 g/mol. The van der Waals surface area contributed by atoms with Crippen molar-refractivity contribution in [2.24, 2.45) is 0 Å². The zero-order valence-corrected chi connectivity index (χ0v) is 18.3. The summed E-state index contributed by atoms with van der Waals surface area (Å²) in [7, 11) is 0. The number of nitrogens with one attached hydrogen (secondary N) is 1. The van der Waals surface area contributed by atoms with Crippen LogP contribution in [0.25, 0.3) is 5.69 Å². The van der Waals surface area contributed by atoms with Crippen LogP contribution in [0, 0.1) is 13.8 Å². The number of hydrogen-bond acceptors (Lipinski definition) is 4. The molecule has 2 amide bonds. The molecule has 8 heteroatoms. The Morgan fingerprint density at radius 1 is 1.06 bits per heavy atom. The van der Waals surface area contributed by atoms with Gasteiger partial charge >= 0.3 is 0 Å². The largest absolute Gasteiger partial charge is 0.349 e. The molecule has 0 atom stereocenters. The third-order valence-corrected chi connectivity index (χ3v) is 6.03. The molecule has 0 bridgehead atoms. The van der Waals surface area contributed by atoms with Crippen LogP contribution in [0.4, 0.5) is 0 Å². The van der Waals surface area contributed by atoms with Gasteiger partial charge in [0.15, 0.2) is 5.69 Å². The predicted octanol–water partition coefficient (Wildman–Crippen LogP) is 3.57. The van der Waals surface area contributed by atoms with Gasteiger partial charge in [-0.3, -0.25) is 9.59 Å². The lowest BCUT2D eigenvalue weighted by Crippen LogP contribution is -2.46. The van der Waals surface area contributed by atoms with Crippen molar-refractivity contribution in [3.8, 4) is 5.69 Å². The van der Waals surface area contributed by atoms with Gasteiger partial charge in [-0.1, -0.05) is 35.0 Å². The highest BCUT2D eigenvalue weighted by molar-refractivity contribution is 6.33. The first-order valence-corrected chi connectivity index (χ1v) is 10.6. The van der Waals surface area contributed by atoms with Crippen LogP contribution in [0.15, 0.2) is 48.7 Å². The molecule has 31 heavy (non-hydrogen) atoms. The molecule has 7 nitrogen and oxygen atoms in total. The van der Waals surface area contributed by atoms with E-state index in [0.29, 0.717) is 42.2 Å². The van der Waals surface area contributed by atoms with Crippen LogP contribution in [0.2, 0.25) is 5.02 Å². The Kier molecular flexibility index (Phi) is 6.04. The van der Waals surface area contributed by atoms with Gasteiger partial charge in [0, 0.05) is 19.1 Å². The van der Waals surface area contributed by atoms with E-state index in [0.717, 1.165) is 11.3 Å². The maximum absolute atomic E-state index is 12.9. The van der Waals surface area contributed by atoms with Crippen LogP contribution in [0.3, 0.4) is 0 Å². The van der Waals surface area contributed by atoms with Gasteiger partial charge in [0.05, 0.1) is 22.5 Å². The summed E-state index contributed by atoms with van der Waals surface area (Å²) in [5, 5.41) is 11.6. The number of rotatable bonds is 4. The maximum atomic E-state index is 12.9. The smallest absolute Gasteiger partial charge is 0.276 e. The van der Waals surface area contributed by atoms with Crippen molar-refractivity contribution in [1.82, 2.24) is 25.2 Å². The summed E-state index contributed by atoms with van der Waals surface area (Å²) < 4.78 is 1.62. The molecule has 4 rings (SSSR count). The van der Waals surface area contributed by atoms with Crippen molar-refractivity contribution in [2.75, 3.05) is 13.1 Å². The SMILES string of the molecule is Cc1ccc(-n2cc(C(=O)N3CCC(NC(=O)c4ccccc4Cl)CC3)nn2)cc1C. The number of halogens is 1. The summed E-state index contributed by atoms with van der Waals surface area (Å²) >= 11 is 6.10. The van der Waals surface area contributed by atoms with Crippen molar-refractivity contribution < 1.29 is 9.59 Å². The Hall–Kier alpha value is -3.19. The van der Waals surface area contributed by atoms with E-state index in [1.54, 1.807) is 40.0 Å². The molecule has 1 aliphatic rings. The third-order valence-electron chi connectivity index (χ3n) is 5.70. The van der Waals surface area contributed by atoms with Crippen molar-refractivity contribution in [1.29, 1.82) is 0 Å². The van der Waals surface area contributed by atoms with Crippen LogP contribution >= 0.6 is 11.6 Å². The van der Waals surface area contributed by atoms with Gasteiger partial charge in [-0.15, -0.1) is 5.10 Å². The molecule has 2 aromatic carbocycles. The number of piperidine rings is 1. The number of aryl methyl sites for hydroxylation is 2. The predicted molar refractivity (Wildman–Crippen MR) is 119 cm³/mol. The Bertz CT molecular complexity index is 1120. The van der Waals surface area contributed by atoms with Crippen LogP contribution < -0.4 is 5.32 Å². The topological polar surface area (TPSA) is 80.1 Å². The second kappa shape index (κ2) is 8.89. The first-order valence-electron chi connectivity index (χ1n) is 10.3. The number of carbonyl (C=O) groups is 2. The van der Waals surface area contributed by atoms with Gasteiger partial charge in [0.25, 0.3) is 11.8 Å². The normalized spacial score (nSPS) is 14.5. The molecule has 0 spiro atoms. The third kappa shape index (κ3) is 4.61. The minimum absolute atomic E-state index is 0.000890. The standard InChI is InChI=1S/C23H24ClN5O2/c1-15-7-8-18(13-16(15)2)29-14-21(26-27-29)23(31)28-11-9-17(10-12-28)25-22(30)19-5-3-4-6-20(19)24/h3-8,13-14,17H,9-12H2,1-2H3,(H,25,30). The molecule has 0 saturated carbocycles. The number of carbonyl (C=O) groups excluding carboxylic acids is 2. The van der Waals surface area contributed by atoms with Crippen molar-refractivity contribution in [2.45, 2.75) is 32.7 Å². The average molecular weight is 438 g/mol. The molecule has 1 fully saturated rings. The highest BCUT2D eigenvalue weighted by Gasteiger charge is 2.26. The summed E-state index contributed by atoms with van der Waals surface area (Å²) in [5.41, 5.74) is 4.00. The van der Waals surface area contributed by atoms with Gasteiger partial charge in [-0.25, -0.2) is 4.68 Å². The van der Waals surface area contributed by atoms with E-state index in [2.05, 4.69) is 22.6 Å². The number of hydrogen-bond donors (Lipinski definition) is 1. The molecule has 1 aliphatic heterocycles. The van der Waals surface area contributed by atoms with Gasteiger partial charge in [-0.05, 0) is 62.1 Å². The second-order valence-electron chi connectivity index (χ2n) is 7.84. The quantitative estimate of drug-likeness (QED) is 0.676. The Morgan fingerprint density at radius 3 is 2.52 bits per heavy atom. The summed E-state index contributed by atoms with van der Waals surface area (Å²) in [5.74, 6) is -0.335. The molecule has 0 unspecified atom stereocenters. The lowest BCUT2D eigenvalue weighted by Gasteiger charge is -2.32. The Morgan fingerprint density at radius 2 is 1.81 bits per heavy atom. The van der Waals surface area contributed by atoms with Crippen LogP contribution in [-0.4, -0.2) is 50.8 Å². The van der Waals surface area contributed by atoms with E-state index in [-0.39, 0.29) is 17.9 Å². The van der Waals surface area contributed by atoms with Crippen molar-refractivity contribution in [3.63, 3.8) is 0 Å². The summed E-state index contributed by atoms with van der Waals surface area (Å²) in [4.78, 5) is 27.1. The number of benzene rings is 2. The Labute approximate surface area is 186 Å². The fraction of sp³-hybridized carbons (Fsp3) is 0.304. The highest BCUT2D eigenvalue weighted by atomic mass is 35.5. The van der Waals surface area contributed by atoms with E-state index >= 15 is 0 Å². The highest BCUT2D eigenvalue weighted by Crippen LogP contribution is 2.18. The lowest BCUT2D eigenvalue weighted by atomic mass is 10.0. The van der Waals surface area contributed by atoms with Gasteiger partial charge < -0.3 is 10.2 Å². The van der Waals surface area contributed by atoms with E-state index in [1.165, 1.54) is 5.56 Å². The fourth-order valence-electron chi connectivity index (χ4n) is 3.65. The molecule has 0 aliphatic carbocycles. The molecule has 0 radical (unpaired) electrons. The van der Waals surface area contributed by atoms with Crippen molar-refractivity contribution in [3.05, 3.63) is 76.1 Å². The minimum Gasteiger partial charge on any atom is -0.349 e. The van der Waals surface area contributed by atoms with Gasteiger partial charge in [0.2, 0.25) is 0 Å². The van der Waals surface area contributed by atoms with Crippen LogP contribution in [0.5, 0.6) is 0 Å². The first kappa shape index (κ1) is 21.1. The number of amides is 2. The molecule has 1 saturated heterocycles. The van der Waals surface area contributed by atoms with E-state index in [4.69, 9.17) is 11.6 Å². The fourth-order valence-corrected chi connectivity index (χ4v) is 3.88. The maximum Gasteiger partial charge on any atom is 0.276 e. The number of aromatic nitrogens is 3. The number of likely N-dealkylation sites (tertiary alicyclic amines) is 1. The first-order chi connectivity index (χ1) is 14.9. The number of nitrogens with zero attached hydrogens (tertiary/aromatic N) is 4. The summed E-state index contributed by atoms with van der Waals surface area (Å²) in [6.45, 7) is 5.18. The van der Waals surface area contributed by atoms with Crippen LogP contribution in [-0.2, 0) is 0 Å². The zero-order valence-electron chi connectivity index (χ0n) is 17.5. The molecule has 3 aromatic rings. The van der Waals surface area contributed by atoms with Crippen molar-refractivity contribution >= 4 is 23.4 Å². The summed E-state index contributed by atoms with van der Waals surface area (Å²) in [6, 6.07) is 13.0. The van der Waals surface area contributed by atoms with E-state index < -0.39 is 0 Å². The molecule has 1 aromatic heterocycles. The van der Waals surface area contributed by atoms with E-state index in [9.17, 15) is 9.59 Å². The molecule has 2 heterocycles. The Balaban J connectivity index is 1.35. The zero-order chi connectivity index (χ0) is 22.0. The monoisotopic (exact) mass is 437 g/mol. The van der Waals surface area contributed by atoms with Crippen LogP contribution in [0.1, 0.15) is 44.8 Å². The molecule has 1 N–H and O–H groups in total. The second-order valence-corrected chi connectivity index (χ2v) is 8.24. The molecular formula is C23H24ClN5O2. The summed E-state index contributed by atoms with van der Waals surface area (Å²) in [6.07, 6.45) is 3.01. The molecule has 160 valence electrons. The lowest BCUT2D eigenvalue weighted by molar-refractivity contribution is 0.0692. The minimum atomic E-state index is -0.188.